The van der Waals surface area contributed by atoms with Crippen molar-refractivity contribution in [3.8, 4) is 0 Å². The maximum absolute atomic E-state index is 11.5. The van der Waals surface area contributed by atoms with Crippen LogP contribution in [0.2, 0.25) is 0 Å². The SMILES string of the molecule is C=CC(=O)N1CCC[C@@H](NCC)[C@H]1C. The van der Waals surface area contributed by atoms with E-state index in [1.807, 2.05) is 4.90 Å². The zero-order valence-electron chi connectivity index (χ0n) is 9.12. The monoisotopic (exact) mass is 196 g/mol. The van der Waals surface area contributed by atoms with Crippen LogP contribution in [0, 0.1) is 0 Å². The molecule has 0 bridgehead atoms. The number of hydrogen-bond donors (Lipinski definition) is 1. The molecule has 1 amide bonds. The van der Waals surface area contributed by atoms with Gasteiger partial charge in [0.2, 0.25) is 5.91 Å². The first-order valence-corrected chi connectivity index (χ1v) is 5.37. The Kier molecular flexibility index (Phi) is 4.14. The predicted octanol–water partition coefficient (Wildman–Crippen LogP) is 1.16. The third kappa shape index (κ3) is 2.35. The van der Waals surface area contributed by atoms with Gasteiger partial charge in [-0.1, -0.05) is 13.5 Å². The fourth-order valence-electron chi connectivity index (χ4n) is 2.11. The van der Waals surface area contributed by atoms with Crippen molar-refractivity contribution in [2.75, 3.05) is 13.1 Å². The maximum atomic E-state index is 11.5. The standard InChI is InChI=1S/C11H20N2O/c1-4-11(14)13-8-6-7-10(9(13)3)12-5-2/h4,9-10,12H,1,5-8H2,2-3H3/t9-,10-/m1/s1. The first-order valence-electron chi connectivity index (χ1n) is 5.37. The molecular weight excluding hydrogens is 176 g/mol. The molecule has 0 aliphatic carbocycles. The molecule has 3 nitrogen and oxygen atoms in total. The van der Waals surface area contributed by atoms with Gasteiger partial charge in [-0.25, -0.2) is 0 Å². The summed E-state index contributed by atoms with van der Waals surface area (Å²) in [6.07, 6.45) is 3.66. The van der Waals surface area contributed by atoms with Crippen molar-refractivity contribution in [1.82, 2.24) is 10.2 Å². The third-order valence-electron chi connectivity index (χ3n) is 2.91. The first kappa shape index (κ1) is 11.2. The van der Waals surface area contributed by atoms with Gasteiger partial charge in [0, 0.05) is 18.6 Å². The summed E-state index contributed by atoms with van der Waals surface area (Å²) >= 11 is 0. The fourth-order valence-corrected chi connectivity index (χ4v) is 2.11. The van der Waals surface area contributed by atoms with Crippen LogP contribution in [0.15, 0.2) is 12.7 Å². The number of hydrogen-bond acceptors (Lipinski definition) is 2. The van der Waals surface area contributed by atoms with Gasteiger partial charge < -0.3 is 10.2 Å². The van der Waals surface area contributed by atoms with Crippen LogP contribution < -0.4 is 5.32 Å². The van der Waals surface area contributed by atoms with Crippen molar-refractivity contribution >= 4 is 5.91 Å². The molecule has 2 atom stereocenters. The van der Waals surface area contributed by atoms with Gasteiger partial charge in [0.1, 0.15) is 0 Å². The number of nitrogens with one attached hydrogen (secondary N) is 1. The Bertz CT molecular complexity index is 213. The van der Waals surface area contributed by atoms with Crippen LogP contribution in [0.4, 0.5) is 0 Å². The highest BCUT2D eigenvalue weighted by molar-refractivity contribution is 5.87. The van der Waals surface area contributed by atoms with Crippen molar-refractivity contribution < 1.29 is 4.79 Å². The summed E-state index contributed by atoms with van der Waals surface area (Å²) in [4.78, 5) is 13.4. The van der Waals surface area contributed by atoms with Gasteiger partial charge in [-0.3, -0.25) is 4.79 Å². The lowest BCUT2D eigenvalue weighted by atomic mass is 9.97. The zero-order chi connectivity index (χ0) is 10.6. The highest BCUT2D eigenvalue weighted by Crippen LogP contribution is 2.17. The maximum Gasteiger partial charge on any atom is 0.246 e. The van der Waals surface area contributed by atoms with Crippen LogP contribution in [0.3, 0.4) is 0 Å². The van der Waals surface area contributed by atoms with Crippen LogP contribution in [0.1, 0.15) is 26.7 Å². The van der Waals surface area contributed by atoms with Crippen LogP contribution in [0.25, 0.3) is 0 Å². The van der Waals surface area contributed by atoms with Gasteiger partial charge in [-0.15, -0.1) is 0 Å². The number of likely N-dealkylation sites (N-methyl/N-ethyl adjacent to an activating group) is 1. The second kappa shape index (κ2) is 5.15. The molecule has 0 saturated carbocycles. The predicted molar refractivity (Wildman–Crippen MR) is 58.1 cm³/mol. The number of carbonyl (C=O) groups is 1. The van der Waals surface area contributed by atoms with Crippen LogP contribution in [-0.2, 0) is 4.79 Å². The molecule has 80 valence electrons. The molecule has 3 heteroatoms. The van der Waals surface area contributed by atoms with Crippen LogP contribution >= 0.6 is 0 Å². The summed E-state index contributed by atoms with van der Waals surface area (Å²) < 4.78 is 0. The molecule has 0 unspecified atom stereocenters. The summed E-state index contributed by atoms with van der Waals surface area (Å²) in [5.41, 5.74) is 0. The topological polar surface area (TPSA) is 32.3 Å². The molecule has 1 rings (SSSR count). The minimum Gasteiger partial charge on any atom is -0.335 e. The van der Waals surface area contributed by atoms with Crippen molar-refractivity contribution in [2.45, 2.75) is 38.8 Å². The Labute approximate surface area is 86.2 Å². The van der Waals surface area contributed by atoms with Gasteiger partial charge in [-0.05, 0) is 32.4 Å². The van der Waals surface area contributed by atoms with E-state index in [1.54, 1.807) is 0 Å². The Morgan fingerprint density at radius 3 is 3.00 bits per heavy atom. The highest BCUT2D eigenvalue weighted by Gasteiger charge is 2.28. The van der Waals surface area contributed by atoms with Crippen molar-refractivity contribution in [1.29, 1.82) is 0 Å². The fraction of sp³-hybridized carbons (Fsp3) is 0.727. The zero-order valence-corrected chi connectivity index (χ0v) is 9.12. The summed E-state index contributed by atoms with van der Waals surface area (Å²) in [7, 11) is 0. The van der Waals surface area contributed by atoms with Crippen LogP contribution in [0.5, 0.6) is 0 Å². The van der Waals surface area contributed by atoms with Crippen molar-refractivity contribution in [3.63, 3.8) is 0 Å². The van der Waals surface area contributed by atoms with Gasteiger partial charge in [-0.2, -0.15) is 0 Å². The van der Waals surface area contributed by atoms with E-state index in [4.69, 9.17) is 0 Å². The number of amides is 1. The van der Waals surface area contributed by atoms with Gasteiger partial charge in [0.25, 0.3) is 0 Å². The van der Waals surface area contributed by atoms with E-state index < -0.39 is 0 Å². The lowest BCUT2D eigenvalue weighted by Crippen LogP contribution is -2.54. The molecule has 1 heterocycles. The Hall–Kier alpha value is -0.830. The minimum atomic E-state index is 0.0557. The minimum absolute atomic E-state index is 0.0557. The summed E-state index contributed by atoms with van der Waals surface area (Å²) in [5, 5.41) is 3.41. The van der Waals surface area contributed by atoms with E-state index in [9.17, 15) is 4.79 Å². The average molecular weight is 196 g/mol. The molecular formula is C11H20N2O. The van der Waals surface area contributed by atoms with Gasteiger partial charge >= 0.3 is 0 Å². The number of piperidine rings is 1. The molecule has 0 radical (unpaired) electrons. The molecule has 0 aromatic heterocycles. The molecule has 1 aliphatic heterocycles. The molecule has 0 aromatic rings. The summed E-state index contributed by atoms with van der Waals surface area (Å²) in [5.74, 6) is 0.0557. The Balaban J connectivity index is 2.60. The van der Waals surface area contributed by atoms with E-state index in [-0.39, 0.29) is 11.9 Å². The molecule has 14 heavy (non-hydrogen) atoms. The largest absolute Gasteiger partial charge is 0.335 e. The lowest BCUT2D eigenvalue weighted by Gasteiger charge is -2.39. The third-order valence-corrected chi connectivity index (χ3v) is 2.91. The lowest BCUT2D eigenvalue weighted by molar-refractivity contribution is -0.129. The van der Waals surface area contributed by atoms with E-state index in [1.165, 1.54) is 6.08 Å². The van der Waals surface area contributed by atoms with Gasteiger partial charge in [0.15, 0.2) is 0 Å². The van der Waals surface area contributed by atoms with E-state index >= 15 is 0 Å². The molecule has 0 aromatic carbocycles. The molecule has 1 saturated heterocycles. The Morgan fingerprint density at radius 2 is 2.43 bits per heavy atom. The highest BCUT2D eigenvalue weighted by atomic mass is 16.2. The van der Waals surface area contributed by atoms with E-state index in [2.05, 4.69) is 25.7 Å². The van der Waals surface area contributed by atoms with Gasteiger partial charge in [0.05, 0.1) is 0 Å². The smallest absolute Gasteiger partial charge is 0.246 e. The van der Waals surface area contributed by atoms with Crippen LogP contribution in [-0.4, -0.2) is 36.0 Å². The second-order valence-corrected chi connectivity index (χ2v) is 3.78. The van der Waals surface area contributed by atoms with Crippen molar-refractivity contribution in [3.05, 3.63) is 12.7 Å². The molecule has 1 aliphatic rings. The normalized spacial score (nSPS) is 27.4. The number of nitrogens with zero attached hydrogens (tertiary/aromatic N) is 1. The molecule has 0 spiro atoms. The summed E-state index contributed by atoms with van der Waals surface area (Å²) in [6, 6.07) is 0.729. The van der Waals surface area contributed by atoms with E-state index in [0.29, 0.717) is 6.04 Å². The number of rotatable bonds is 3. The Morgan fingerprint density at radius 1 is 1.71 bits per heavy atom. The number of carbonyl (C=O) groups excluding carboxylic acids is 1. The molecule has 1 N–H and O–H groups in total. The second-order valence-electron chi connectivity index (χ2n) is 3.78. The first-order chi connectivity index (χ1) is 6.70. The molecule has 1 fully saturated rings. The average Bonchev–Trinajstić information content (AvgIpc) is 2.20. The number of likely N-dealkylation sites (tertiary alicyclic amines) is 1. The summed E-state index contributed by atoms with van der Waals surface area (Å²) in [6.45, 7) is 9.57. The van der Waals surface area contributed by atoms with E-state index in [0.717, 1.165) is 25.9 Å². The quantitative estimate of drug-likeness (QED) is 0.687. The van der Waals surface area contributed by atoms with Crippen molar-refractivity contribution in [2.24, 2.45) is 0 Å².